The third kappa shape index (κ3) is 2.75. The Balaban J connectivity index is 1.41. The van der Waals surface area contributed by atoms with Crippen LogP contribution in [0.25, 0.3) is 0 Å². The van der Waals surface area contributed by atoms with Crippen LogP contribution in [-0.4, -0.2) is 46.7 Å². The van der Waals surface area contributed by atoms with Crippen LogP contribution >= 0.6 is 0 Å². The highest BCUT2D eigenvalue weighted by Crippen LogP contribution is 2.48. The molecule has 1 amide bonds. The smallest absolute Gasteiger partial charge is 0.276 e. The van der Waals surface area contributed by atoms with Crippen molar-refractivity contribution < 1.29 is 10.0 Å². The van der Waals surface area contributed by atoms with Crippen LogP contribution in [0.5, 0.6) is 0 Å². The molecule has 2 fully saturated rings. The van der Waals surface area contributed by atoms with Crippen LogP contribution in [0, 0.1) is 5.41 Å². The molecule has 0 unspecified atom stereocenters. The van der Waals surface area contributed by atoms with E-state index in [0.717, 1.165) is 30.8 Å². The van der Waals surface area contributed by atoms with Gasteiger partial charge < -0.3 is 5.32 Å². The minimum Gasteiger partial charge on any atom is -0.316 e. The van der Waals surface area contributed by atoms with Gasteiger partial charge >= 0.3 is 0 Å². The Morgan fingerprint density at radius 3 is 3.09 bits per heavy atom. The summed E-state index contributed by atoms with van der Waals surface area (Å²) in [6.45, 7) is 4.28. The van der Waals surface area contributed by atoms with Crippen molar-refractivity contribution in [3.63, 3.8) is 0 Å². The van der Waals surface area contributed by atoms with Crippen LogP contribution in [-0.2, 0) is 13.0 Å². The van der Waals surface area contributed by atoms with Gasteiger partial charge in [-0.25, -0.2) is 5.48 Å². The van der Waals surface area contributed by atoms with E-state index in [1.54, 1.807) is 11.7 Å². The molecule has 4 rings (SSSR count). The Morgan fingerprint density at radius 1 is 1.48 bits per heavy atom. The van der Waals surface area contributed by atoms with E-state index in [2.05, 4.69) is 15.2 Å². The minimum atomic E-state index is -0.492. The Morgan fingerprint density at radius 2 is 2.35 bits per heavy atom. The number of hydroxylamine groups is 1. The number of nitrogens with zero attached hydrogens (tertiary/aromatic N) is 2. The van der Waals surface area contributed by atoms with Gasteiger partial charge in [-0.15, -0.1) is 0 Å². The van der Waals surface area contributed by atoms with Gasteiger partial charge in [-0.1, -0.05) is 0 Å². The van der Waals surface area contributed by atoms with Crippen LogP contribution in [0.15, 0.2) is 12.3 Å². The van der Waals surface area contributed by atoms with Crippen LogP contribution in [0.1, 0.15) is 47.3 Å². The molecule has 1 aliphatic carbocycles. The number of aromatic nitrogens is 1. The molecule has 2 aliphatic heterocycles. The van der Waals surface area contributed by atoms with Gasteiger partial charge in [0.1, 0.15) is 0 Å². The predicted molar refractivity (Wildman–Crippen MR) is 85.2 cm³/mol. The van der Waals surface area contributed by atoms with Crippen LogP contribution < -0.4 is 10.8 Å². The molecule has 1 spiro atoms. The van der Waals surface area contributed by atoms with Crippen molar-refractivity contribution in [2.75, 3.05) is 19.6 Å². The summed E-state index contributed by atoms with van der Waals surface area (Å²) in [6, 6.07) is 2.55. The summed E-state index contributed by atoms with van der Waals surface area (Å²) < 4.78 is 0. The molecule has 1 saturated carbocycles. The second-order valence-electron chi connectivity index (χ2n) is 7.33. The van der Waals surface area contributed by atoms with E-state index in [0.29, 0.717) is 17.0 Å². The number of hydrogen-bond donors (Lipinski definition) is 3. The maximum absolute atomic E-state index is 11.5. The molecule has 1 aromatic rings. The van der Waals surface area contributed by atoms with Gasteiger partial charge in [-0.3, -0.25) is 19.9 Å². The lowest BCUT2D eigenvalue weighted by atomic mass is 9.61. The third-order valence-electron chi connectivity index (χ3n) is 5.86. The van der Waals surface area contributed by atoms with E-state index in [-0.39, 0.29) is 0 Å². The number of carbonyl (C=O) groups is 1. The first-order valence-electron chi connectivity index (χ1n) is 8.56. The normalized spacial score (nSPS) is 30.6. The van der Waals surface area contributed by atoms with E-state index in [1.807, 2.05) is 6.07 Å². The number of rotatable bonds is 2. The SMILES string of the molecule is O=C(NO)c1cnc2c(c1)CCN(C1CC3(CCCNC3)C1)C2. The molecule has 0 bridgehead atoms. The molecule has 0 atom stereocenters. The van der Waals surface area contributed by atoms with E-state index < -0.39 is 5.91 Å². The molecule has 6 nitrogen and oxygen atoms in total. The number of amides is 1. The highest BCUT2D eigenvalue weighted by atomic mass is 16.5. The van der Waals surface area contributed by atoms with Crippen LogP contribution in [0.3, 0.4) is 0 Å². The summed E-state index contributed by atoms with van der Waals surface area (Å²) in [7, 11) is 0. The van der Waals surface area contributed by atoms with E-state index in [4.69, 9.17) is 5.21 Å². The van der Waals surface area contributed by atoms with E-state index in [9.17, 15) is 4.79 Å². The zero-order valence-corrected chi connectivity index (χ0v) is 13.3. The predicted octanol–water partition coefficient (Wildman–Crippen LogP) is 1.09. The Hall–Kier alpha value is -1.50. The highest BCUT2D eigenvalue weighted by Gasteiger charge is 2.47. The lowest BCUT2D eigenvalue weighted by molar-refractivity contribution is -0.0222. The Bertz CT molecular complexity index is 605. The summed E-state index contributed by atoms with van der Waals surface area (Å²) >= 11 is 0. The van der Waals surface area contributed by atoms with E-state index >= 15 is 0 Å². The standard InChI is InChI=1S/C17H24N4O2/c22-16(20-23)13-6-12-2-5-21(10-15(12)19-9-13)14-7-17(8-14)3-1-4-18-11-17/h6,9,14,18,23H,1-5,7-8,10-11H2,(H,20,22). The molecule has 1 saturated heterocycles. The second-order valence-corrected chi connectivity index (χ2v) is 7.33. The second kappa shape index (κ2) is 5.85. The third-order valence-corrected chi connectivity index (χ3v) is 5.86. The molecule has 23 heavy (non-hydrogen) atoms. The van der Waals surface area contributed by atoms with Crippen molar-refractivity contribution in [1.82, 2.24) is 20.7 Å². The van der Waals surface area contributed by atoms with Crippen molar-refractivity contribution in [2.24, 2.45) is 5.41 Å². The van der Waals surface area contributed by atoms with Crippen molar-refractivity contribution in [2.45, 2.75) is 44.7 Å². The first kappa shape index (κ1) is 15.1. The van der Waals surface area contributed by atoms with Crippen LogP contribution in [0.2, 0.25) is 0 Å². The topological polar surface area (TPSA) is 77.5 Å². The monoisotopic (exact) mass is 316 g/mol. The maximum atomic E-state index is 11.5. The zero-order chi connectivity index (χ0) is 15.9. The number of hydrogen-bond acceptors (Lipinski definition) is 5. The van der Waals surface area contributed by atoms with E-state index in [1.165, 1.54) is 38.8 Å². The molecule has 3 heterocycles. The number of pyridine rings is 1. The van der Waals surface area contributed by atoms with Crippen molar-refractivity contribution in [1.29, 1.82) is 0 Å². The molecule has 6 heteroatoms. The van der Waals surface area contributed by atoms with Crippen LogP contribution in [0.4, 0.5) is 0 Å². The van der Waals surface area contributed by atoms with Gasteiger partial charge in [-0.05, 0) is 55.7 Å². The number of fused-ring (bicyclic) bond motifs is 1. The average Bonchev–Trinajstić information content (AvgIpc) is 2.58. The molecule has 3 N–H and O–H groups in total. The van der Waals surface area contributed by atoms with Gasteiger partial charge in [-0.2, -0.15) is 0 Å². The molecule has 124 valence electrons. The molecule has 0 aromatic carbocycles. The number of piperidine rings is 1. The minimum absolute atomic E-state index is 0.426. The maximum Gasteiger partial charge on any atom is 0.276 e. The summed E-state index contributed by atoms with van der Waals surface area (Å²) in [5.41, 5.74) is 4.86. The molecular formula is C17H24N4O2. The number of nitrogens with one attached hydrogen (secondary N) is 2. The molecule has 3 aliphatic rings. The molecule has 1 aromatic heterocycles. The summed E-state index contributed by atoms with van der Waals surface area (Å²) in [5.74, 6) is -0.492. The molecular weight excluding hydrogens is 292 g/mol. The fourth-order valence-corrected chi connectivity index (χ4v) is 4.51. The Kier molecular flexibility index (Phi) is 3.83. The van der Waals surface area contributed by atoms with Gasteiger partial charge in [0.2, 0.25) is 0 Å². The van der Waals surface area contributed by atoms with Crippen molar-refractivity contribution >= 4 is 5.91 Å². The first-order valence-corrected chi connectivity index (χ1v) is 8.56. The number of carbonyl (C=O) groups excluding carboxylic acids is 1. The fraction of sp³-hybridized carbons (Fsp3) is 0.647. The zero-order valence-electron chi connectivity index (χ0n) is 13.3. The first-order chi connectivity index (χ1) is 11.2. The van der Waals surface area contributed by atoms with Gasteiger partial charge in [0.05, 0.1) is 11.3 Å². The summed E-state index contributed by atoms with van der Waals surface area (Å²) in [5, 5.41) is 12.3. The van der Waals surface area contributed by atoms with Crippen molar-refractivity contribution in [3.05, 3.63) is 29.1 Å². The molecule has 0 radical (unpaired) electrons. The quantitative estimate of drug-likeness (QED) is 0.562. The fourth-order valence-electron chi connectivity index (χ4n) is 4.51. The Labute approximate surface area is 136 Å². The largest absolute Gasteiger partial charge is 0.316 e. The summed E-state index contributed by atoms with van der Waals surface area (Å²) in [4.78, 5) is 18.5. The van der Waals surface area contributed by atoms with Gasteiger partial charge in [0, 0.05) is 31.9 Å². The van der Waals surface area contributed by atoms with Gasteiger partial charge in [0.25, 0.3) is 5.91 Å². The lowest BCUT2D eigenvalue weighted by Gasteiger charge is -2.54. The summed E-state index contributed by atoms with van der Waals surface area (Å²) in [6.07, 6.45) is 7.78. The average molecular weight is 316 g/mol. The van der Waals surface area contributed by atoms with Crippen molar-refractivity contribution in [3.8, 4) is 0 Å². The van der Waals surface area contributed by atoms with Gasteiger partial charge in [0.15, 0.2) is 0 Å². The highest BCUT2D eigenvalue weighted by molar-refractivity contribution is 5.93. The lowest BCUT2D eigenvalue weighted by Crippen LogP contribution is -2.57.